The summed E-state index contributed by atoms with van der Waals surface area (Å²) in [5.74, 6) is 0.0574. The fraction of sp³-hybridized carbons (Fsp3) is 0.417. The van der Waals surface area contributed by atoms with Gasteiger partial charge in [0.2, 0.25) is 0 Å². The van der Waals surface area contributed by atoms with Gasteiger partial charge in [0, 0.05) is 49.0 Å². The Morgan fingerprint density at radius 1 is 0.933 bits per heavy atom. The minimum absolute atomic E-state index is 0.00551. The molecule has 0 aromatic heterocycles. The van der Waals surface area contributed by atoms with E-state index in [-0.39, 0.29) is 17.9 Å². The molecular formula is C24H29N4O2. The van der Waals surface area contributed by atoms with Crippen LogP contribution < -0.4 is 10.2 Å². The first kappa shape index (κ1) is 20.6. The molecule has 2 aliphatic rings. The van der Waals surface area contributed by atoms with E-state index in [0.29, 0.717) is 11.1 Å². The molecule has 0 unspecified atom stereocenters. The van der Waals surface area contributed by atoms with Crippen molar-refractivity contribution >= 4 is 17.5 Å². The van der Waals surface area contributed by atoms with Crippen molar-refractivity contribution < 1.29 is 9.59 Å². The third kappa shape index (κ3) is 4.55. The van der Waals surface area contributed by atoms with Gasteiger partial charge in [-0.3, -0.25) is 9.59 Å². The molecule has 0 spiro atoms. The van der Waals surface area contributed by atoms with E-state index in [2.05, 4.69) is 23.3 Å². The second-order valence-electron chi connectivity index (χ2n) is 8.09. The summed E-state index contributed by atoms with van der Waals surface area (Å²) in [6.45, 7) is 5.10. The van der Waals surface area contributed by atoms with Crippen molar-refractivity contribution in [2.24, 2.45) is 0 Å². The number of rotatable bonds is 4. The molecule has 1 radical (unpaired) electrons. The van der Waals surface area contributed by atoms with Gasteiger partial charge in [0.25, 0.3) is 11.8 Å². The molecule has 2 fully saturated rings. The highest BCUT2D eigenvalue weighted by molar-refractivity contribution is 6.06. The lowest BCUT2D eigenvalue weighted by atomic mass is 10.0. The zero-order valence-corrected chi connectivity index (χ0v) is 17.5. The van der Waals surface area contributed by atoms with Crippen LogP contribution in [0.15, 0.2) is 48.5 Å². The third-order valence-electron chi connectivity index (χ3n) is 6.04. The van der Waals surface area contributed by atoms with Gasteiger partial charge in [0.05, 0.1) is 0 Å². The zero-order chi connectivity index (χ0) is 20.9. The minimum atomic E-state index is -0.00551. The number of carbonyl (C=O) groups is 2. The molecule has 4 rings (SSSR count). The molecule has 30 heavy (non-hydrogen) atoms. The summed E-state index contributed by atoms with van der Waals surface area (Å²) in [6.07, 6.45) is 1.82. The van der Waals surface area contributed by atoms with Crippen molar-refractivity contribution in [3.05, 3.63) is 65.7 Å². The van der Waals surface area contributed by atoms with Crippen molar-refractivity contribution in [3.63, 3.8) is 0 Å². The van der Waals surface area contributed by atoms with Crippen LogP contribution >= 0.6 is 0 Å². The van der Waals surface area contributed by atoms with Crippen molar-refractivity contribution in [1.29, 1.82) is 0 Å². The largest absolute Gasteiger partial charge is 0.336 e. The monoisotopic (exact) mass is 405 g/mol. The van der Waals surface area contributed by atoms with Gasteiger partial charge >= 0.3 is 0 Å². The van der Waals surface area contributed by atoms with Crippen LogP contribution in [0.3, 0.4) is 0 Å². The second kappa shape index (κ2) is 9.41. The van der Waals surface area contributed by atoms with Gasteiger partial charge in [-0.1, -0.05) is 12.1 Å². The number of hydrogen-bond donors (Lipinski definition) is 1. The Hall–Kier alpha value is -2.70. The molecular weight excluding hydrogens is 376 g/mol. The Bertz CT molecular complexity index is 855. The number of anilines is 1. The van der Waals surface area contributed by atoms with Gasteiger partial charge in [-0.05, 0) is 75.4 Å². The fourth-order valence-corrected chi connectivity index (χ4v) is 4.18. The number of carbonyl (C=O) groups excluding carboxylic acids is 2. The van der Waals surface area contributed by atoms with Crippen LogP contribution in [0.1, 0.15) is 33.6 Å². The van der Waals surface area contributed by atoms with Crippen LogP contribution in [0.5, 0.6) is 0 Å². The Labute approximate surface area is 178 Å². The molecule has 157 valence electrons. The maximum absolute atomic E-state index is 13.4. The van der Waals surface area contributed by atoms with Gasteiger partial charge in [-0.25, -0.2) is 0 Å². The van der Waals surface area contributed by atoms with Gasteiger partial charge in [0.1, 0.15) is 0 Å². The van der Waals surface area contributed by atoms with E-state index in [9.17, 15) is 9.59 Å². The van der Waals surface area contributed by atoms with E-state index >= 15 is 0 Å². The van der Waals surface area contributed by atoms with E-state index in [1.165, 1.54) is 0 Å². The Balaban J connectivity index is 1.56. The lowest BCUT2D eigenvalue weighted by Crippen LogP contribution is -2.47. The molecule has 2 aromatic carbocycles. The second-order valence-corrected chi connectivity index (χ2v) is 8.09. The zero-order valence-electron chi connectivity index (χ0n) is 17.5. The highest BCUT2D eigenvalue weighted by atomic mass is 16.2. The highest BCUT2D eigenvalue weighted by Gasteiger charge is 2.28. The van der Waals surface area contributed by atoms with Gasteiger partial charge in [-0.15, -0.1) is 0 Å². The SMILES string of the molecule is CN1CCN(C(=O)c2ccc(N(C(=O)c3cc[c]cc3)C3CCNCC3)cc2)CC1. The van der Waals surface area contributed by atoms with Gasteiger partial charge in [-0.2, -0.15) is 0 Å². The van der Waals surface area contributed by atoms with Crippen LogP contribution in [0, 0.1) is 6.07 Å². The first-order chi connectivity index (χ1) is 14.6. The number of nitrogens with zero attached hydrogens (tertiary/aromatic N) is 3. The molecule has 2 heterocycles. The first-order valence-electron chi connectivity index (χ1n) is 10.7. The number of nitrogens with one attached hydrogen (secondary N) is 1. The summed E-state index contributed by atoms with van der Waals surface area (Å²) < 4.78 is 0. The van der Waals surface area contributed by atoms with Gasteiger partial charge in [0.15, 0.2) is 0 Å². The number of amides is 2. The lowest BCUT2D eigenvalue weighted by Gasteiger charge is -2.35. The average molecular weight is 406 g/mol. The molecule has 6 heteroatoms. The van der Waals surface area contributed by atoms with E-state index in [4.69, 9.17) is 0 Å². The Morgan fingerprint density at radius 3 is 2.20 bits per heavy atom. The number of likely N-dealkylation sites (N-methyl/N-ethyl adjacent to an activating group) is 1. The molecule has 1 N–H and O–H groups in total. The van der Waals surface area contributed by atoms with Crippen LogP contribution in [-0.4, -0.2) is 74.0 Å². The topological polar surface area (TPSA) is 55.9 Å². The first-order valence-corrected chi connectivity index (χ1v) is 10.7. The summed E-state index contributed by atoms with van der Waals surface area (Å²) in [4.78, 5) is 32.3. The quantitative estimate of drug-likeness (QED) is 0.848. The van der Waals surface area contributed by atoms with Gasteiger partial charge < -0.3 is 20.0 Å². The molecule has 0 atom stereocenters. The molecule has 2 saturated heterocycles. The standard InChI is InChI=1S/C24H29N4O2/c1-26-15-17-27(18-16-26)23(29)20-7-9-21(10-8-20)28(22-11-13-25-14-12-22)24(30)19-5-3-2-4-6-19/h3-10,22,25H,11-18H2,1H3. The third-order valence-corrected chi connectivity index (χ3v) is 6.04. The number of benzene rings is 2. The molecule has 0 aliphatic carbocycles. The summed E-state index contributed by atoms with van der Waals surface area (Å²) in [5.41, 5.74) is 2.18. The molecule has 0 saturated carbocycles. The predicted molar refractivity (Wildman–Crippen MR) is 118 cm³/mol. The molecule has 2 aromatic rings. The average Bonchev–Trinajstić information content (AvgIpc) is 2.81. The summed E-state index contributed by atoms with van der Waals surface area (Å²) in [6, 6.07) is 17.8. The van der Waals surface area contributed by atoms with Crippen molar-refractivity contribution in [3.8, 4) is 0 Å². The molecule has 2 amide bonds. The van der Waals surface area contributed by atoms with Crippen LogP contribution in [-0.2, 0) is 0 Å². The van der Waals surface area contributed by atoms with E-state index < -0.39 is 0 Å². The van der Waals surface area contributed by atoms with E-state index in [0.717, 1.165) is 57.8 Å². The van der Waals surface area contributed by atoms with E-state index in [1.807, 2.05) is 46.2 Å². The maximum atomic E-state index is 13.4. The summed E-state index contributed by atoms with van der Waals surface area (Å²) in [7, 11) is 2.08. The van der Waals surface area contributed by atoms with Crippen molar-refractivity contribution in [2.75, 3.05) is 51.2 Å². The molecule has 0 bridgehead atoms. The Morgan fingerprint density at radius 2 is 1.57 bits per heavy atom. The Kier molecular flexibility index (Phi) is 6.45. The summed E-state index contributed by atoms with van der Waals surface area (Å²) in [5, 5.41) is 3.37. The predicted octanol–water partition coefficient (Wildman–Crippen LogP) is 2.27. The van der Waals surface area contributed by atoms with Crippen molar-refractivity contribution in [1.82, 2.24) is 15.1 Å². The number of piperazine rings is 1. The van der Waals surface area contributed by atoms with E-state index in [1.54, 1.807) is 12.1 Å². The van der Waals surface area contributed by atoms with Crippen LogP contribution in [0.2, 0.25) is 0 Å². The minimum Gasteiger partial charge on any atom is -0.336 e. The smallest absolute Gasteiger partial charge is 0.258 e. The number of hydrogen-bond acceptors (Lipinski definition) is 4. The lowest BCUT2D eigenvalue weighted by molar-refractivity contribution is 0.0664. The molecule has 6 nitrogen and oxygen atoms in total. The molecule has 2 aliphatic heterocycles. The highest BCUT2D eigenvalue weighted by Crippen LogP contribution is 2.25. The normalized spacial score (nSPS) is 18.2. The summed E-state index contributed by atoms with van der Waals surface area (Å²) >= 11 is 0. The van der Waals surface area contributed by atoms with Crippen LogP contribution in [0.25, 0.3) is 0 Å². The number of piperidine rings is 1. The maximum Gasteiger partial charge on any atom is 0.258 e. The fourth-order valence-electron chi connectivity index (χ4n) is 4.18. The van der Waals surface area contributed by atoms with Crippen LogP contribution in [0.4, 0.5) is 5.69 Å². The van der Waals surface area contributed by atoms with Crippen molar-refractivity contribution in [2.45, 2.75) is 18.9 Å².